The molecule has 0 aromatic carbocycles. The van der Waals surface area contributed by atoms with E-state index in [1.807, 2.05) is 6.92 Å². The van der Waals surface area contributed by atoms with Gasteiger partial charge in [-0.25, -0.2) is 0 Å². The lowest BCUT2D eigenvalue weighted by Gasteiger charge is -2.03. The molecule has 0 radical (unpaired) electrons. The molecule has 0 aliphatic rings. The predicted molar refractivity (Wildman–Crippen MR) is 49.5 cm³/mol. The summed E-state index contributed by atoms with van der Waals surface area (Å²) in [6.45, 7) is 9.67. The van der Waals surface area contributed by atoms with Gasteiger partial charge >= 0.3 is 0 Å². The Labute approximate surface area is 68.7 Å². The molecule has 0 aromatic heterocycles. The lowest BCUT2D eigenvalue weighted by molar-refractivity contribution is 0.431. The lowest BCUT2D eigenvalue weighted by atomic mass is 10.0. The normalized spacial score (nSPS) is 13.8. The maximum Gasteiger partial charge on any atom is 0.115 e. The average molecular weight is 152 g/mol. The highest BCUT2D eigenvalue weighted by Crippen LogP contribution is 2.09. The number of hydrogen-bond donors (Lipinski definition) is 1. The van der Waals surface area contributed by atoms with E-state index in [1.165, 1.54) is 5.57 Å². The van der Waals surface area contributed by atoms with E-state index < -0.39 is 0 Å². The largest absolute Gasteiger partial charge is 0.508 e. The Morgan fingerprint density at radius 3 is 2.36 bits per heavy atom. The van der Waals surface area contributed by atoms with Crippen molar-refractivity contribution >= 4 is 0 Å². The third kappa shape index (κ3) is 4.43. The van der Waals surface area contributed by atoms with Crippen LogP contribution in [0.15, 0.2) is 36.1 Å². The molecule has 62 valence electrons. The van der Waals surface area contributed by atoms with Crippen molar-refractivity contribution in [1.82, 2.24) is 0 Å². The van der Waals surface area contributed by atoms with Crippen molar-refractivity contribution in [3.05, 3.63) is 36.1 Å². The number of rotatable bonds is 3. The lowest BCUT2D eigenvalue weighted by Crippen LogP contribution is -1.89. The minimum absolute atomic E-state index is 0.270. The van der Waals surface area contributed by atoms with Crippen LogP contribution in [0.3, 0.4) is 0 Å². The molecule has 0 aromatic rings. The van der Waals surface area contributed by atoms with Crippen LogP contribution in [-0.2, 0) is 0 Å². The summed E-state index contributed by atoms with van der Waals surface area (Å²) in [5.41, 5.74) is 1.17. The van der Waals surface area contributed by atoms with E-state index in [2.05, 4.69) is 20.4 Å². The second-order valence-electron chi connectivity index (χ2n) is 2.87. The number of allylic oxidation sites excluding steroid dienone is 4. The molecule has 0 saturated heterocycles. The molecule has 0 rings (SSSR count). The number of aliphatic hydroxyl groups is 1. The molecule has 1 N–H and O–H groups in total. The molecule has 1 nitrogen and oxygen atoms in total. The van der Waals surface area contributed by atoms with Crippen molar-refractivity contribution < 1.29 is 5.11 Å². The minimum atomic E-state index is 0.270. The Hall–Kier alpha value is -0.980. The Balaban J connectivity index is 4.30. The molecular formula is C10H16O. The highest BCUT2D eigenvalue weighted by atomic mass is 16.3. The van der Waals surface area contributed by atoms with Gasteiger partial charge in [-0.1, -0.05) is 32.1 Å². The molecule has 0 fully saturated rings. The van der Waals surface area contributed by atoms with E-state index >= 15 is 0 Å². The van der Waals surface area contributed by atoms with E-state index in [9.17, 15) is 5.11 Å². The average Bonchev–Trinajstić information content (AvgIpc) is 1.87. The fourth-order valence-corrected chi connectivity index (χ4v) is 0.569. The summed E-state index contributed by atoms with van der Waals surface area (Å²) in [5.74, 6) is 0.751. The Bertz CT molecular complexity index is 185. The Kier molecular flexibility index (Phi) is 4.35. The minimum Gasteiger partial charge on any atom is -0.508 e. The zero-order valence-electron chi connectivity index (χ0n) is 7.46. The van der Waals surface area contributed by atoms with Gasteiger partial charge in [-0.15, -0.1) is 0 Å². The van der Waals surface area contributed by atoms with Crippen molar-refractivity contribution in [1.29, 1.82) is 0 Å². The molecule has 0 heterocycles. The molecule has 0 spiro atoms. The summed E-state index contributed by atoms with van der Waals surface area (Å²) < 4.78 is 0. The van der Waals surface area contributed by atoms with E-state index in [0.29, 0.717) is 5.92 Å². The van der Waals surface area contributed by atoms with Gasteiger partial charge in [0, 0.05) is 0 Å². The first-order valence-electron chi connectivity index (χ1n) is 3.77. The molecule has 1 heteroatoms. The highest BCUT2D eigenvalue weighted by molar-refractivity contribution is 5.20. The van der Waals surface area contributed by atoms with Crippen LogP contribution < -0.4 is 0 Å². The van der Waals surface area contributed by atoms with Crippen molar-refractivity contribution in [3.8, 4) is 0 Å². The van der Waals surface area contributed by atoms with Crippen LogP contribution in [0.5, 0.6) is 0 Å². The van der Waals surface area contributed by atoms with Crippen molar-refractivity contribution in [2.24, 2.45) is 5.92 Å². The van der Waals surface area contributed by atoms with Gasteiger partial charge in [0.1, 0.15) is 5.76 Å². The van der Waals surface area contributed by atoms with Crippen molar-refractivity contribution in [2.45, 2.75) is 20.8 Å². The smallest absolute Gasteiger partial charge is 0.115 e. The molecular weight excluding hydrogens is 136 g/mol. The standard InChI is InChI=1S/C10H16O/c1-5-6-10(11)7-9(4)8(2)3/h5-8,11H,1H2,2-4H3/b9-7+,10-6+. The number of aliphatic hydroxyl groups excluding tert-OH is 1. The van der Waals surface area contributed by atoms with Gasteiger partial charge in [-0.05, 0) is 25.0 Å². The second kappa shape index (κ2) is 4.78. The third-order valence-corrected chi connectivity index (χ3v) is 1.57. The summed E-state index contributed by atoms with van der Waals surface area (Å²) in [6, 6.07) is 0. The van der Waals surface area contributed by atoms with Gasteiger partial charge in [0.15, 0.2) is 0 Å². The van der Waals surface area contributed by atoms with Crippen LogP contribution in [0, 0.1) is 5.92 Å². The fourth-order valence-electron chi connectivity index (χ4n) is 0.569. The summed E-state index contributed by atoms with van der Waals surface area (Å²) in [7, 11) is 0. The van der Waals surface area contributed by atoms with E-state index in [1.54, 1.807) is 18.2 Å². The molecule has 0 atom stereocenters. The van der Waals surface area contributed by atoms with Crippen molar-refractivity contribution in [2.75, 3.05) is 0 Å². The quantitative estimate of drug-likeness (QED) is 0.486. The van der Waals surface area contributed by atoms with E-state index in [-0.39, 0.29) is 5.76 Å². The summed E-state index contributed by atoms with van der Waals surface area (Å²) >= 11 is 0. The summed E-state index contributed by atoms with van der Waals surface area (Å²) in [4.78, 5) is 0. The van der Waals surface area contributed by atoms with Gasteiger partial charge in [0.05, 0.1) is 0 Å². The first-order chi connectivity index (χ1) is 5.07. The van der Waals surface area contributed by atoms with Crippen LogP contribution >= 0.6 is 0 Å². The zero-order valence-corrected chi connectivity index (χ0v) is 7.46. The van der Waals surface area contributed by atoms with Crippen LogP contribution in [0.4, 0.5) is 0 Å². The molecule has 0 saturated carbocycles. The van der Waals surface area contributed by atoms with E-state index in [0.717, 1.165) is 0 Å². The first kappa shape index (κ1) is 10.0. The van der Waals surface area contributed by atoms with Crippen LogP contribution in [0.1, 0.15) is 20.8 Å². The van der Waals surface area contributed by atoms with Gasteiger partial charge < -0.3 is 5.11 Å². The van der Waals surface area contributed by atoms with Crippen molar-refractivity contribution in [3.63, 3.8) is 0 Å². The molecule has 0 amide bonds. The SMILES string of the molecule is C=C/C=C(O)\C=C(/C)C(C)C. The predicted octanol–water partition coefficient (Wildman–Crippen LogP) is 3.22. The molecule has 0 aliphatic heterocycles. The van der Waals surface area contributed by atoms with Crippen LogP contribution in [0.25, 0.3) is 0 Å². The van der Waals surface area contributed by atoms with Crippen LogP contribution in [-0.4, -0.2) is 5.11 Å². The fraction of sp³-hybridized carbons (Fsp3) is 0.400. The summed E-state index contributed by atoms with van der Waals surface area (Å²) in [6.07, 6.45) is 4.90. The molecule has 11 heavy (non-hydrogen) atoms. The molecule has 0 aliphatic carbocycles. The Morgan fingerprint density at radius 2 is 2.00 bits per heavy atom. The monoisotopic (exact) mass is 152 g/mol. The van der Waals surface area contributed by atoms with Gasteiger partial charge in [0.2, 0.25) is 0 Å². The first-order valence-corrected chi connectivity index (χ1v) is 3.77. The van der Waals surface area contributed by atoms with Gasteiger partial charge in [-0.2, -0.15) is 0 Å². The molecule has 0 unspecified atom stereocenters. The van der Waals surface area contributed by atoms with Crippen LogP contribution in [0.2, 0.25) is 0 Å². The van der Waals surface area contributed by atoms with Gasteiger partial charge in [0.25, 0.3) is 0 Å². The molecule has 0 bridgehead atoms. The third-order valence-electron chi connectivity index (χ3n) is 1.57. The maximum atomic E-state index is 9.18. The second-order valence-corrected chi connectivity index (χ2v) is 2.87. The topological polar surface area (TPSA) is 20.2 Å². The zero-order chi connectivity index (χ0) is 8.85. The van der Waals surface area contributed by atoms with Gasteiger partial charge in [-0.3, -0.25) is 0 Å². The maximum absolute atomic E-state index is 9.18. The number of hydrogen-bond acceptors (Lipinski definition) is 1. The highest BCUT2D eigenvalue weighted by Gasteiger charge is 1.95. The summed E-state index contributed by atoms with van der Waals surface area (Å²) in [5, 5.41) is 9.18. The Morgan fingerprint density at radius 1 is 1.45 bits per heavy atom. The van der Waals surface area contributed by atoms with E-state index in [4.69, 9.17) is 0 Å².